The van der Waals surface area contributed by atoms with E-state index in [1.54, 1.807) is 23.0 Å². The second-order valence-corrected chi connectivity index (χ2v) is 9.52. The lowest BCUT2D eigenvalue weighted by atomic mass is 9.86. The van der Waals surface area contributed by atoms with E-state index in [-0.39, 0.29) is 23.9 Å². The van der Waals surface area contributed by atoms with Crippen molar-refractivity contribution in [2.24, 2.45) is 11.7 Å². The molecule has 1 aliphatic carbocycles. The van der Waals surface area contributed by atoms with Crippen LogP contribution in [0.1, 0.15) is 53.8 Å². The number of pyridine rings is 1. The Bertz CT molecular complexity index is 1190. The number of rotatable bonds is 11. The van der Waals surface area contributed by atoms with Gasteiger partial charge in [-0.3, -0.25) is 4.79 Å². The van der Waals surface area contributed by atoms with E-state index < -0.39 is 5.82 Å². The van der Waals surface area contributed by atoms with Gasteiger partial charge in [0, 0.05) is 23.8 Å². The molecule has 2 heterocycles. The molecule has 11 heteroatoms. The first-order chi connectivity index (χ1) is 17.9. The Morgan fingerprint density at radius 3 is 2.78 bits per heavy atom. The third-order valence-corrected chi connectivity index (χ3v) is 6.65. The minimum absolute atomic E-state index is 0.129. The number of hydrogen-bond donors (Lipinski definition) is 3. The SMILES string of the molecule is COc1cc(CNC(=O)c2cc(-c3nnn(C[C@H]4CC[C@H](NCCCN)CC4)n3)cc(C)n2)ccc1F. The molecule has 0 radical (unpaired) electrons. The van der Waals surface area contributed by atoms with Crippen LogP contribution in [-0.4, -0.2) is 57.3 Å². The minimum atomic E-state index is -0.453. The molecular weight excluding hydrogens is 475 g/mol. The maximum Gasteiger partial charge on any atom is 0.270 e. The molecule has 0 unspecified atom stereocenters. The van der Waals surface area contributed by atoms with Crippen LogP contribution in [0.25, 0.3) is 11.4 Å². The lowest BCUT2D eigenvalue weighted by Gasteiger charge is -2.28. The van der Waals surface area contributed by atoms with Crippen molar-refractivity contribution >= 4 is 5.91 Å². The van der Waals surface area contributed by atoms with Crippen molar-refractivity contribution in [1.29, 1.82) is 0 Å². The van der Waals surface area contributed by atoms with Gasteiger partial charge in [-0.2, -0.15) is 4.80 Å². The maximum absolute atomic E-state index is 13.6. The molecule has 0 spiro atoms. The fraction of sp³-hybridized carbons (Fsp3) is 0.500. The predicted octanol–water partition coefficient (Wildman–Crippen LogP) is 2.62. The molecule has 0 atom stereocenters. The second kappa shape index (κ2) is 12.7. The lowest BCUT2D eigenvalue weighted by molar-refractivity contribution is 0.0945. The van der Waals surface area contributed by atoms with Gasteiger partial charge in [-0.25, -0.2) is 9.37 Å². The fourth-order valence-electron chi connectivity index (χ4n) is 4.63. The molecule has 2 aromatic heterocycles. The van der Waals surface area contributed by atoms with Crippen molar-refractivity contribution in [3.63, 3.8) is 0 Å². The number of nitrogens with zero attached hydrogens (tertiary/aromatic N) is 5. The molecule has 4 N–H and O–H groups in total. The van der Waals surface area contributed by atoms with Gasteiger partial charge in [-0.15, -0.1) is 10.2 Å². The first-order valence-corrected chi connectivity index (χ1v) is 12.8. The molecule has 3 aromatic rings. The summed E-state index contributed by atoms with van der Waals surface area (Å²) in [6, 6.07) is 8.52. The molecule has 1 aromatic carbocycles. The number of carbonyl (C=O) groups is 1. The smallest absolute Gasteiger partial charge is 0.270 e. The number of nitrogens with one attached hydrogen (secondary N) is 2. The van der Waals surface area contributed by atoms with Crippen molar-refractivity contribution in [1.82, 2.24) is 35.8 Å². The Hall–Kier alpha value is -3.44. The number of amides is 1. The first-order valence-electron chi connectivity index (χ1n) is 12.8. The number of tetrazole rings is 1. The number of halogens is 1. The summed E-state index contributed by atoms with van der Waals surface area (Å²) < 4.78 is 18.6. The first kappa shape index (κ1) is 26.6. The van der Waals surface area contributed by atoms with E-state index in [1.807, 2.05) is 13.0 Å². The Labute approximate surface area is 216 Å². The van der Waals surface area contributed by atoms with Crippen molar-refractivity contribution in [2.45, 2.75) is 58.2 Å². The zero-order valence-electron chi connectivity index (χ0n) is 21.4. The van der Waals surface area contributed by atoms with Gasteiger partial charge >= 0.3 is 0 Å². The summed E-state index contributed by atoms with van der Waals surface area (Å²) in [6.45, 7) is 4.44. The predicted molar refractivity (Wildman–Crippen MR) is 137 cm³/mol. The Balaban J connectivity index is 1.35. The van der Waals surface area contributed by atoms with Gasteiger partial charge in [0.1, 0.15) is 5.69 Å². The Kier molecular flexibility index (Phi) is 9.13. The van der Waals surface area contributed by atoms with E-state index in [1.165, 1.54) is 13.2 Å². The van der Waals surface area contributed by atoms with Crippen molar-refractivity contribution < 1.29 is 13.9 Å². The standard InChI is InChI=1S/C26H35FN8O2/c1-17-12-20(14-23(31-17)26(36)30-15-19-6-9-22(27)24(13-19)37-2)25-32-34-35(33-25)16-18-4-7-21(8-5-18)29-11-3-10-28/h6,9,12-14,18,21,29H,3-5,7-8,10-11,15-16,28H2,1-2H3,(H,30,36)/t18-,21-. The number of aryl methyl sites for hydroxylation is 1. The van der Waals surface area contributed by atoms with Crippen LogP contribution >= 0.6 is 0 Å². The highest BCUT2D eigenvalue weighted by Gasteiger charge is 2.22. The van der Waals surface area contributed by atoms with Crippen LogP contribution in [0, 0.1) is 18.7 Å². The zero-order valence-corrected chi connectivity index (χ0v) is 21.4. The summed E-state index contributed by atoms with van der Waals surface area (Å²) in [6.07, 6.45) is 5.53. The molecular formula is C26H35FN8O2. The monoisotopic (exact) mass is 510 g/mol. The number of ether oxygens (including phenoxy) is 1. The van der Waals surface area contributed by atoms with E-state index in [9.17, 15) is 9.18 Å². The van der Waals surface area contributed by atoms with Gasteiger partial charge < -0.3 is 21.1 Å². The van der Waals surface area contributed by atoms with E-state index >= 15 is 0 Å². The number of methoxy groups -OCH3 is 1. The number of carbonyl (C=O) groups excluding carboxylic acids is 1. The van der Waals surface area contributed by atoms with Gasteiger partial charge in [0.15, 0.2) is 11.6 Å². The molecule has 1 saturated carbocycles. The topological polar surface area (TPSA) is 133 Å². The van der Waals surface area contributed by atoms with Crippen LogP contribution in [0.3, 0.4) is 0 Å². The molecule has 198 valence electrons. The number of aromatic nitrogens is 5. The van der Waals surface area contributed by atoms with E-state index in [0.29, 0.717) is 34.6 Å². The third-order valence-electron chi connectivity index (χ3n) is 6.65. The molecule has 1 fully saturated rings. The van der Waals surface area contributed by atoms with Crippen LogP contribution < -0.4 is 21.1 Å². The van der Waals surface area contributed by atoms with Gasteiger partial charge in [0.05, 0.1) is 13.7 Å². The van der Waals surface area contributed by atoms with E-state index in [0.717, 1.165) is 51.7 Å². The summed E-state index contributed by atoms with van der Waals surface area (Å²) >= 11 is 0. The summed E-state index contributed by atoms with van der Waals surface area (Å²) in [5, 5.41) is 19.5. The maximum atomic E-state index is 13.6. The fourth-order valence-corrected chi connectivity index (χ4v) is 4.63. The summed E-state index contributed by atoms with van der Waals surface area (Å²) in [4.78, 5) is 18.8. The molecule has 1 amide bonds. The van der Waals surface area contributed by atoms with Crippen molar-refractivity contribution in [3.8, 4) is 17.1 Å². The molecule has 0 saturated heterocycles. The lowest BCUT2D eigenvalue weighted by Crippen LogP contribution is -2.35. The second-order valence-electron chi connectivity index (χ2n) is 9.52. The highest BCUT2D eigenvalue weighted by atomic mass is 19.1. The molecule has 0 bridgehead atoms. The highest BCUT2D eigenvalue weighted by molar-refractivity contribution is 5.93. The number of hydrogen-bond acceptors (Lipinski definition) is 8. The molecule has 10 nitrogen and oxygen atoms in total. The molecule has 1 aliphatic rings. The quantitative estimate of drug-likeness (QED) is 0.335. The zero-order chi connectivity index (χ0) is 26.2. The summed E-state index contributed by atoms with van der Waals surface area (Å²) in [7, 11) is 1.40. The Morgan fingerprint density at radius 1 is 1.22 bits per heavy atom. The average molecular weight is 511 g/mol. The molecule has 0 aliphatic heterocycles. The normalized spacial score (nSPS) is 17.5. The van der Waals surface area contributed by atoms with Crippen LogP contribution in [0.5, 0.6) is 5.75 Å². The summed E-state index contributed by atoms with van der Waals surface area (Å²) in [5.41, 5.74) is 7.89. The van der Waals surface area contributed by atoms with Gasteiger partial charge in [-0.05, 0) is 93.1 Å². The summed E-state index contributed by atoms with van der Waals surface area (Å²) in [5.74, 6) is 0.299. The Morgan fingerprint density at radius 2 is 2.03 bits per heavy atom. The molecule has 37 heavy (non-hydrogen) atoms. The van der Waals surface area contributed by atoms with E-state index in [2.05, 4.69) is 31.0 Å². The van der Waals surface area contributed by atoms with Crippen molar-refractivity contribution in [2.75, 3.05) is 20.2 Å². The van der Waals surface area contributed by atoms with Crippen LogP contribution in [0.2, 0.25) is 0 Å². The van der Waals surface area contributed by atoms with Crippen molar-refractivity contribution in [3.05, 3.63) is 53.1 Å². The van der Waals surface area contributed by atoms with Gasteiger partial charge in [0.25, 0.3) is 5.91 Å². The molecule has 4 rings (SSSR count). The third kappa shape index (κ3) is 7.30. The van der Waals surface area contributed by atoms with Crippen LogP contribution in [0.4, 0.5) is 4.39 Å². The number of benzene rings is 1. The van der Waals surface area contributed by atoms with Crippen LogP contribution in [-0.2, 0) is 13.1 Å². The largest absolute Gasteiger partial charge is 0.494 e. The van der Waals surface area contributed by atoms with Gasteiger partial charge in [-0.1, -0.05) is 6.07 Å². The van der Waals surface area contributed by atoms with E-state index in [4.69, 9.17) is 10.5 Å². The van der Waals surface area contributed by atoms with Crippen LogP contribution in [0.15, 0.2) is 30.3 Å². The number of nitrogens with two attached hydrogens (primary N) is 1. The highest BCUT2D eigenvalue weighted by Crippen LogP contribution is 2.26. The minimum Gasteiger partial charge on any atom is -0.494 e. The van der Waals surface area contributed by atoms with Gasteiger partial charge in [0.2, 0.25) is 5.82 Å². The average Bonchev–Trinajstić information content (AvgIpc) is 3.37.